The van der Waals surface area contributed by atoms with Gasteiger partial charge in [-0.2, -0.15) is 0 Å². The fourth-order valence-electron chi connectivity index (χ4n) is 2.65. The minimum atomic E-state index is 0.00199. The molecular weight excluding hydrogens is 240 g/mol. The number of aryl methyl sites for hydroxylation is 1. The molecule has 4 nitrogen and oxygen atoms in total. The van der Waals surface area contributed by atoms with E-state index in [1.807, 2.05) is 17.9 Å². The zero-order valence-electron chi connectivity index (χ0n) is 11.6. The highest BCUT2D eigenvalue weighted by Crippen LogP contribution is 2.22. The standard InChI is InChI=1S/C15H20N2O2/c1-11-7-13(10-16-9-11)15(19)17-6-4-3-5-14(17)8-12(2)18/h7,9-10,14H,3-6,8H2,1-2H3. The Balaban J connectivity index is 2.17. The topological polar surface area (TPSA) is 50.3 Å². The van der Waals surface area contributed by atoms with Crippen LogP contribution in [0.2, 0.25) is 0 Å². The van der Waals surface area contributed by atoms with E-state index >= 15 is 0 Å². The van der Waals surface area contributed by atoms with Gasteiger partial charge < -0.3 is 4.90 Å². The second-order valence-electron chi connectivity index (χ2n) is 5.31. The summed E-state index contributed by atoms with van der Waals surface area (Å²) in [6.07, 6.45) is 6.83. The number of ketones is 1. The van der Waals surface area contributed by atoms with E-state index in [1.54, 1.807) is 19.3 Å². The largest absolute Gasteiger partial charge is 0.335 e. The first-order valence-electron chi connectivity index (χ1n) is 6.80. The highest BCUT2D eigenvalue weighted by atomic mass is 16.2. The van der Waals surface area contributed by atoms with Crippen molar-refractivity contribution in [1.29, 1.82) is 0 Å². The van der Waals surface area contributed by atoms with Crippen molar-refractivity contribution < 1.29 is 9.59 Å². The van der Waals surface area contributed by atoms with Crippen LogP contribution in [0.4, 0.5) is 0 Å². The zero-order chi connectivity index (χ0) is 13.8. The monoisotopic (exact) mass is 260 g/mol. The average Bonchev–Trinajstić information content (AvgIpc) is 2.38. The van der Waals surface area contributed by atoms with Crippen molar-refractivity contribution in [2.75, 3.05) is 6.54 Å². The van der Waals surface area contributed by atoms with Gasteiger partial charge in [-0.1, -0.05) is 0 Å². The Labute approximate surface area is 113 Å². The Hall–Kier alpha value is -1.71. The van der Waals surface area contributed by atoms with Gasteiger partial charge in [0.2, 0.25) is 0 Å². The van der Waals surface area contributed by atoms with E-state index in [1.165, 1.54) is 0 Å². The lowest BCUT2D eigenvalue weighted by Gasteiger charge is -2.35. The SMILES string of the molecule is CC(=O)CC1CCCCN1C(=O)c1cncc(C)c1. The number of hydrogen-bond acceptors (Lipinski definition) is 3. The molecule has 102 valence electrons. The van der Waals surface area contributed by atoms with Crippen molar-refractivity contribution in [3.8, 4) is 0 Å². The smallest absolute Gasteiger partial charge is 0.255 e. The number of amides is 1. The third-order valence-electron chi connectivity index (χ3n) is 3.53. The summed E-state index contributed by atoms with van der Waals surface area (Å²) in [6.45, 7) is 4.25. The van der Waals surface area contributed by atoms with Crippen LogP contribution in [0.1, 0.15) is 48.5 Å². The van der Waals surface area contributed by atoms with E-state index in [0.29, 0.717) is 12.0 Å². The number of carbonyl (C=O) groups is 2. The van der Waals surface area contributed by atoms with Crippen LogP contribution < -0.4 is 0 Å². The zero-order valence-corrected chi connectivity index (χ0v) is 11.6. The molecule has 1 aromatic rings. The quantitative estimate of drug-likeness (QED) is 0.838. The number of pyridine rings is 1. The molecule has 1 unspecified atom stereocenters. The van der Waals surface area contributed by atoms with Crippen LogP contribution >= 0.6 is 0 Å². The number of hydrogen-bond donors (Lipinski definition) is 0. The van der Waals surface area contributed by atoms with Gasteiger partial charge in [0.15, 0.2) is 0 Å². The van der Waals surface area contributed by atoms with Crippen molar-refractivity contribution >= 4 is 11.7 Å². The van der Waals surface area contributed by atoms with Crippen LogP contribution in [0, 0.1) is 6.92 Å². The molecule has 2 rings (SSSR count). The number of likely N-dealkylation sites (tertiary alicyclic amines) is 1. The van der Waals surface area contributed by atoms with Crippen LogP contribution in [0.15, 0.2) is 18.5 Å². The lowest BCUT2D eigenvalue weighted by Crippen LogP contribution is -2.44. The molecule has 0 aliphatic carbocycles. The Morgan fingerprint density at radius 3 is 2.84 bits per heavy atom. The van der Waals surface area contributed by atoms with Crippen molar-refractivity contribution in [3.05, 3.63) is 29.6 Å². The van der Waals surface area contributed by atoms with E-state index in [9.17, 15) is 9.59 Å². The van der Waals surface area contributed by atoms with E-state index < -0.39 is 0 Å². The van der Waals surface area contributed by atoms with Crippen molar-refractivity contribution in [2.45, 2.75) is 45.6 Å². The molecule has 2 heterocycles. The van der Waals surface area contributed by atoms with E-state index in [0.717, 1.165) is 31.4 Å². The molecule has 1 aliphatic heterocycles. The van der Waals surface area contributed by atoms with E-state index in [-0.39, 0.29) is 17.7 Å². The fraction of sp³-hybridized carbons (Fsp3) is 0.533. The van der Waals surface area contributed by atoms with E-state index in [4.69, 9.17) is 0 Å². The first-order valence-corrected chi connectivity index (χ1v) is 6.80. The number of piperidine rings is 1. The summed E-state index contributed by atoms with van der Waals surface area (Å²) in [5, 5.41) is 0. The summed E-state index contributed by atoms with van der Waals surface area (Å²) in [4.78, 5) is 29.8. The first kappa shape index (κ1) is 13.7. The maximum absolute atomic E-state index is 12.5. The molecule has 1 aliphatic rings. The lowest BCUT2D eigenvalue weighted by atomic mass is 9.97. The molecule has 0 N–H and O–H groups in total. The highest BCUT2D eigenvalue weighted by molar-refractivity contribution is 5.94. The Bertz CT molecular complexity index is 485. The summed E-state index contributed by atoms with van der Waals surface area (Å²) >= 11 is 0. The van der Waals surface area contributed by atoms with Gasteiger partial charge in [0.25, 0.3) is 5.91 Å². The molecule has 0 spiro atoms. The van der Waals surface area contributed by atoms with Crippen LogP contribution in [-0.2, 0) is 4.79 Å². The van der Waals surface area contributed by atoms with Gasteiger partial charge in [0, 0.05) is 31.4 Å². The molecule has 1 atom stereocenters. The van der Waals surface area contributed by atoms with Crippen molar-refractivity contribution in [1.82, 2.24) is 9.88 Å². The maximum Gasteiger partial charge on any atom is 0.255 e. The van der Waals surface area contributed by atoms with Crippen LogP contribution in [-0.4, -0.2) is 34.2 Å². The van der Waals surface area contributed by atoms with Gasteiger partial charge in [-0.3, -0.25) is 14.6 Å². The minimum Gasteiger partial charge on any atom is -0.335 e. The van der Waals surface area contributed by atoms with Gasteiger partial charge >= 0.3 is 0 Å². The predicted molar refractivity (Wildman–Crippen MR) is 72.9 cm³/mol. The normalized spacial score (nSPS) is 19.3. The van der Waals surface area contributed by atoms with Crippen molar-refractivity contribution in [2.24, 2.45) is 0 Å². The second kappa shape index (κ2) is 5.95. The molecule has 1 aromatic heterocycles. The van der Waals surface area contributed by atoms with Gasteiger partial charge in [-0.25, -0.2) is 0 Å². The third kappa shape index (κ3) is 3.40. The van der Waals surface area contributed by atoms with Gasteiger partial charge in [0.05, 0.1) is 5.56 Å². The fourth-order valence-corrected chi connectivity index (χ4v) is 2.65. The Morgan fingerprint density at radius 1 is 1.37 bits per heavy atom. The summed E-state index contributed by atoms with van der Waals surface area (Å²) in [5.41, 5.74) is 1.60. The third-order valence-corrected chi connectivity index (χ3v) is 3.53. The van der Waals surface area contributed by atoms with Gasteiger partial charge in [-0.15, -0.1) is 0 Å². The first-order chi connectivity index (χ1) is 9.08. The summed E-state index contributed by atoms with van der Waals surface area (Å²) < 4.78 is 0. The number of nitrogens with zero attached hydrogens (tertiary/aromatic N) is 2. The number of aromatic nitrogens is 1. The number of rotatable bonds is 3. The average molecular weight is 260 g/mol. The summed E-state index contributed by atoms with van der Waals surface area (Å²) in [6, 6.07) is 1.91. The van der Waals surface area contributed by atoms with Crippen molar-refractivity contribution in [3.63, 3.8) is 0 Å². The minimum absolute atomic E-state index is 0.00199. The summed E-state index contributed by atoms with van der Waals surface area (Å²) in [5.74, 6) is 0.147. The second-order valence-corrected chi connectivity index (χ2v) is 5.31. The number of Topliss-reactive ketones (excluding diaryl/α,β-unsaturated/α-hetero) is 1. The predicted octanol–water partition coefficient (Wildman–Crippen LogP) is 2.36. The molecule has 19 heavy (non-hydrogen) atoms. The molecule has 1 amide bonds. The van der Waals surface area contributed by atoms with Gasteiger partial charge in [0.1, 0.15) is 5.78 Å². The van der Waals surface area contributed by atoms with Gasteiger partial charge in [-0.05, 0) is 44.7 Å². The maximum atomic E-state index is 12.5. The molecule has 0 bridgehead atoms. The molecule has 0 saturated carbocycles. The molecule has 0 aromatic carbocycles. The Morgan fingerprint density at radius 2 is 2.16 bits per heavy atom. The molecule has 4 heteroatoms. The highest BCUT2D eigenvalue weighted by Gasteiger charge is 2.28. The molecule has 1 fully saturated rings. The van der Waals surface area contributed by atoms with E-state index in [2.05, 4.69) is 4.98 Å². The van der Waals surface area contributed by atoms with Crippen LogP contribution in [0.3, 0.4) is 0 Å². The van der Waals surface area contributed by atoms with Crippen LogP contribution in [0.5, 0.6) is 0 Å². The molecule has 0 radical (unpaired) electrons. The molecular formula is C15H20N2O2. The number of carbonyl (C=O) groups excluding carboxylic acids is 2. The molecule has 1 saturated heterocycles. The summed E-state index contributed by atoms with van der Waals surface area (Å²) in [7, 11) is 0. The Kier molecular flexibility index (Phi) is 4.30. The van der Waals surface area contributed by atoms with Crippen LogP contribution in [0.25, 0.3) is 0 Å². The lowest BCUT2D eigenvalue weighted by molar-refractivity contribution is -0.118.